The maximum absolute atomic E-state index is 8.88. The van der Waals surface area contributed by atoms with Gasteiger partial charge in [0.25, 0.3) is 0 Å². The van der Waals surface area contributed by atoms with Gasteiger partial charge in [-0.25, -0.2) is 0 Å². The number of aliphatic hydroxyl groups excluding tert-OH is 1. The summed E-state index contributed by atoms with van der Waals surface area (Å²) in [6.45, 7) is 6.03. The minimum Gasteiger partial charge on any atom is -0.396 e. The number of anilines is 1. The fourth-order valence-electron chi connectivity index (χ4n) is 1.75. The normalized spacial score (nSPS) is 10.8. The van der Waals surface area contributed by atoms with E-state index in [1.165, 1.54) is 5.69 Å². The minimum atomic E-state index is 0.240. The van der Waals surface area contributed by atoms with Gasteiger partial charge in [0, 0.05) is 31.4 Å². The summed E-state index contributed by atoms with van der Waals surface area (Å²) in [4.78, 5) is 2.29. The van der Waals surface area contributed by atoms with Gasteiger partial charge in [0.2, 0.25) is 0 Å². The third-order valence-electron chi connectivity index (χ3n) is 2.68. The van der Waals surface area contributed by atoms with Crippen LogP contribution in [0.15, 0.2) is 24.3 Å². The van der Waals surface area contributed by atoms with E-state index in [1.807, 2.05) is 0 Å². The smallest absolute Gasteiger partial charge is 0.0447 e. The number of hydrogen-bond acceptors (Lipinski definition) is 3. The van der Waals surface area contributed by atoms with Crippen molar-refractivity contribution in [3.8, 4) is 0 Å². The SMILES string of the molecule is CC(C)N(CCCO)c1ccc(CN)cc1. The second-order valence-corrected chi connectivity index (χ2v) is 4.23. The molecule has 0 heterocycles. The van der Waals surface area contributed by atoms with E-state index in [0.29, 0.717) is 12.6 Å². The van der Waals surface area contributed by atoms with Gasteiger partial charge in [0.1, 0.15) is 0 Å². The van der Waals surface area contributed by atoms with Crippen molar-refractivity contribution in [2.24, 2.45) is 5.73 Å². The topological polar surface area (TPSA) is 49.5 Å². The lowest BCUT2D eigenvalue weighted by atomic mass is 10.1. The van der Waals surface area contributed by atoms with Crippen molar-refractivity contribution < 1.29 is 5.11 Å². The van der Waals surface area contributed by atoms with Crippen LogP contribution < -0.4 is 10.6 Å². The molecule has 0 amide bonds. The van der Waals surface area contributed by atoms with Gasteiger partial charge in [-0.15, -0.1) is 0 Å². The molecule has 1 aromatic carbocycles. The number of hydrogen-bond donors (Lipinski definition) is 2. The molecule has 0 aromatic heterocycles. The molecular formula is C13H22N2O. The van der Waals surface area contributed by atoms with Gasteiger partial charge >= 0.3 is 0 Å². The van der Waals surface area contributed by atoms with Crippen molar-refractivity contribution in [1.29, 1.82) is 0 Å². The first-order chi connectivity index (χ1) is 7.69. The van der Waals surface area contributed by atoms with Crippen LogP contribution in [0.4, 0.5) is 5.69 Å². The van der Waals surface area contributed by atoms with Gasteiger partial charge in [-0.1, -0.05) is 12.1 Å². The average Bonchev–Trinajstić information content (AvgIpc) is 2.30. The number of nitrogens with two attached hydrogens (primary N) is 1. The van der Waals surface area contributed by atoms with Crippen LogP contribution in [0.2, 0.25) is 0 Å². The summed E-state index contributed by atoms with van der Waals surface area (Å²) >= 11 is 0. The third kappa shape index (κ3) is 3.51. The molecule has 0 atom stereocenters. The van der Waals surface area contributed by atoms with Crippen LogP contribution in [0.25, 0.3) is 0 Å². The third-order valence-corrected chi connectivity index (χ3v) is 2.68. The maximum Gasteiger partial charge on any atom is 0.0447 e. The first-order valence-electron chi connectivity index (χ1n) is 5.85. The Bertz CT molecular complexity index is 295. The van der Waals surface area contributed by atoms with Crippen molar-refractivity contribution in [3.05, 3.63) is 29.8 Å². The molecule has 0 saturated carbocycles. The Morgan fingerprint density at radius 2 is 1.88 bits per heavy atom. The van der Waals surface area contributed by atoms with E-state index in [2.05, 4.69) is 43.0 Å². The Morgan fingerprint density at radius 1 is 1.25 bits per heavy atom. The quantitative estimate of drug-likeness (QED) is 0.771. The zero-order valence-corrected chi connectivity index (χ0v) is 10.2. The van der Waals surface area contributed by atoms with Gasteiger partial charge in [-0.2, -0.15) is 0 Å². The summed E-state index contributed by atoms with van der Waals surface area (Å²) in [7, 11) is 0. The lowest BCUT2D eigenvalue weighted by Gasteiger charge is -2.29. The summed E-state index contributed by atoms with van der Waals surface area (Å²) in [5, 5.41) is 8.88. The Labute approximate surface area is 97.9 Å². The molecule has 0 fully saturated rings. The molecule has 3 nitrogen and oxygen atoms in total. The second-order valence-electron chi connectivity index (χ2n) is 4.23. The molecule has 0 radical (unpaired) electrons. The molecule has 90 valence electrons. The van der Waals surface area contributed by atoms with E-state index in [9.17, 15) is 0 Å². The summed E-state index contributed by atoms with van der Waals surface area (Å²) in [5.41, 5.74) is 7.91. The van der Waals surface area contributed by atoms with Crippen molar-refractivity contribution in [2.45, 2.75) is 32.9 Å². The summed E-state index contributed by atoms with van der Waals surface area (Å²) in [6, 6.07) is 8.75. The largest absolute Gasteiger partial charge is 0.396 e. The maximum atomic E-state index is 8.88. The molecule has 3 N–H and O–H groups in total. The molecular weight excluding hydrogens is 200 g/mol. The zero-order valence-electron chi connectivity index (χ0n) is 10.2. The highest BCUT2D eigenvalue weighted by Crippen LogP contribution is 2.18. The molecule has 16 heavy (non-hydrogen) atoms. The lowest BCUT2D eigenvalue weighted by Crippen LogP contribution is -2.32. The predicted octanol–water partition coefficient (Wildman–Crippen LogP) is 1.74. The van der Waals surface area contributed by atoms with Crippen molar-refractivity contribution >= 4 is 5.69 Å². The fourth-order valence-corrected chi connectivity index (χ4v) is 1.75. The summed E-state index contributed by atoms with van der Waals surface area (Å²) in [5.74, 6) is 0. The van der Waals surface area contributed by atoms with Crippen LogP contribution in [0.3, 0.4) is 0 Å². The number of benzene rings is 1. The Balaban J connectivity index is 2.75. The predicted molar refractivity (Wildman–Crippen MR) is 68.5 cm³/mol. The number of rotatable bonds is 6. The fraction of sp³-hybridized carbons (Fsp3) is 0.538. The monoisotopic (exact) mass is 222 g/mol. The highest BCUT2D eigenvalue weighted by molar-refractivity contribution is 5.48. The van der Waals surface area contributed by atoms with Gasteiger partial charge in [-0.05, 0) is 38.0 Å². The molecule has 0 unspecified atom stereocenters. The first-order valence-corrected chi connectivity index (χ1v) is 5.85. The van der Waals surface area contributed by atoms with Crippen LogP contribution in [0, 0.1) is 0 Å². The number of nitrogens with zero attached hydrogens (tertiary/aromatic N) is 1. The molecule has 0 aliphatic rings. The first kappa shape index (κ1) is 13.0. The average molecular weight is 222 g/mol. The summed E-state index contributed by atoms with van der Waals surface area (Å²) in [6.07, 6.45) is 0.802. The van der Waals surface area contributed by atoms with E-state index >= 15 is 0 Å². The number of aliphatic hydroxyl groups is 1. The van der Waals surface area contributed by atoms with Crippen molar-refractivity contribution in [1.82, 2.24) is 0 Å². The Hall–Kier alpha value is -1.06. The highest BCUT2D eigenvalue weighted by atomic mass is 16.3. The van der Waals surface area contributed by atoms with Crippen LogP contribution in [0.1, 0.15) is 25.8 Å². The van der Waals surface area contributed by atoms with Crippen LogP contribution in [-0.4, -0.2) is 24.3 Å². The standard InChI is InChI=1S/C13H22N2O/c1-11(2)15(8-3-9-16)13-6-4-12(10-14)5-7-13/h4-7,11,16H,3,8-10,14H2,1-2H3. The Kier molecular flexibility index (Phi) is 5.29. The van der Waals surface area contributed by atoms with Gasteiger partial charge in [-0.3, -0.25) is 0 Å². The van der Waals surface area contributed by atoms with Crippen molar-refractivity contribution in [3.63, 3.8) is 0 Å². The lowest BCUT2D eigenvalue weighted by molar-refractivity contribution is 0.288. The van der Waals surface area contributed by atoms with Gasteiger partial charge < -0.3 is 15.7 Å². The van der Waals surface area contributed by atoms with E-state index in [0.717, 1.165) is 18.5 Å². The molecule has 0 spiro atoms. The van der Waals surface area contributed by atoms with E-state index in [-0.39, 0.29) is 6.61 Å². The van der Waals surface area contributed by atoms with Crippen LogP contribution >= 0.6 is 0 Å². The minimum absolute atomic E-state index is 0.240. The molecule has 1 aromatic rings. The van der Waals surface area contributed by atoms with E-state index in [1.54, 1.807) is 0 Å². The zero-order chi connectivity index (χ0) is 12.0. The van der Waals surface area contributed by atoms with Crippen LogP contribution in [-0.2, 0) is 6.54 Å². The molecule has 0 bridgehead atoms. The van der Waals surface area contributed by atoms with Gasteiger partial charge in [0.05, 0.1) is 0 Å². The van der Waals surface area contributed by atoms with E-state index < -0.39 is 0 Å². The molecule has 0 aliphatic heterocycles. The summed E-state index contributed by atoms with van der Waals surface area (Å²) < 4.78 is 0. The Morgan fingerprint density at radius 3 is 2.31 bits per heavy atom. The second kappa shape index (κ2) is 6.51. The molecule has 3 heteroatoms. The molecule has 0 saturated heterocycles. The molecule has 1 rings (SSSR count). The van der Waals surface area contributed by atoms with E-state index in [4.69, 9.17) is 10.8 Å². The van der Waals surface area contributed by atoms with Crippen LogP contribution in [0.5, 0.6) is 0 Å². The van der Waals surface area contributed by atoms with Crippen molar-refractivity contribution in [2.75, 3.05) is 18.1 Å². The molecule has 0 aliphatic carbocycles. The highest BCUT2D eigenvalue weighted by Gasteiger charge is 2.09. The van der Waals surface area contributed by atoms with Gasteiger partial charge in [0.15, 0.2) is 0 Å².